The van der Waals surface area contributed by atoms with Crippen molar-refractivity contribution in [2.45, 2.75) is 6.36 Å². The molecule has 1 aromatic heterocycles. The second kappa shape index (κ2) is 5.27. The number of benzene rings is 1. The van der Waals surface area contributed by atoms with Crippen LogP contribution < -0.4 is 4.74 Å². The highest BCUT2D eigenvalue weighted by Crippen LogP contribution is 2.40. The standard InChI is InChI=1S/C12H6Cl2F3NO/c13-8-5-18-6-9(14)11(8)7-3-1-2-4-10(7)19-12(15,16)17/h1-6H. The number of pyridine rings is 1. The Labute approximate surface area is 116 Å². The van der Waals surface area contributed by atoms with E-state index in [2.05, 4.69) is 9.72 Å². The van der Waals surface area contributed by atoms with Crippen LogP contribution in [-0.4, -0.2) is 11.3 Å². The van der Waals surface area contributed by atoms with Gasteiger partial charge in [0.25, 0.3) is 0 Å². The molecule has 1 heterocycles. The van der Waals surface area contributed by atoms with Crippen LogP contribution in [-0.2, 0) is 0 Å². The van der Waals surface area contributed by atoms with Crippen LogP contribution in [0.25, 0.3) is 11.1 Å². The van der Waals surface area contributed by atoms with Crippen molar-refractivity contribution in [1.82, 2.24) is 4.98 Å². The molecule has 0 fully saturated rings. The monoisotopic (exact) mass is 307 g/mol. The topological polar surface area (TPSA) is 22.1 Å². The van der Waals surface area contributed by atoms with Gasteiger partial charge in [0.2, 0.25) is 0 Å². The minimum atomic E-state index is -4.79. The van der Waals surface area contributed by atoms with Crippen LogP contribution in [0.1, 0.15) is 0 Å². The summed E-state index contributed by atoms with van der Waals surface area (Å²) in [5.74, 6) is -0.370. The van der Waals surface area contributed by atoms with Crippen LogP contribution in [0.2, 0.25) is 10.0 Å². The van der Waals surface area contributed by atoms with E-state index in [-0.39, 0.29) is 26.9 Å². The molecular weight excluding hydrogens is 302 g/mol. The van der Waals surface area contributed by atoms with E-state index in [9.17, 15) is 13.2 Å². The number of hydrogen-bond acceptors (Lipinski definition) is 2. The van der Waals surface area contributed by atoms with Gasteiger partial charge in [-0.05, 0) is 6.07 Å². The molecule has 0 spiro atoms. The van der Waals surface area contributed by atoms with E-state index >= 15 is 0 Å². The Hall–Kier alpha value is -1.46. The summed E-state index contributed by atoms with van der Waals surface area (Å²) in [4.78, 5) is 3.75. The first-order valence-electron chi connectivity index (χ1n) is 5.02. The van der Waals surface area contributed by atoms with Crippen LogP contribution in [0.5, 0.6) is 5.75 Å². The molecule has 0 N–H and O–H groups in total. The predicted molar refractivity (Wildman–Crippen MR) is 66.4 cm³/mol. The summed E-state index contributed by atoms with van der Waals surface area (Å²) in [6, 6.07) is 5.61. The molecule has 0 saturated heterocycles. The number of alkyl halides is 3. The van der Waals surface area contributed by atoms with Crippen LogP contribution in [0.4, 0.5) is 13.2 Å². The van der Waals surface area contributed by atoms with Gasteiger partial charge in [-0.15, -0.1) is 13.2 Å². The molecule has 0 atom stereocenters. The fourth-order valence-corrected chi connectivity index (χ4v) is 2.12. The van der Waals surface area contributed by atoms with E-state index in [1.807, 2.05) is 0 Å². The number of ether oxygens (including phenoxy) is 1. The van der Waals surface area contributed by atoms with Gasteiger partial charge in [0.15, 0.2) is 0 Å². The van der Waals surface area contributed by atoms with Crippen LogP contribution >= 0.6 is 23.2 Å². The van der Waals surface area contributed by atoms with E-state index in [0.717, 1.165) is 0 Å². The zero-order valence-corrected chi connectivity index (χ0v) is 10.7. The Morgan fingerprint density at radius 2 is 1.58 bits per heavy atom. The van der Waals surface area contributed by atoms with E-state index in [4.69, 9.17) is 23.2 Å². The lowest BCUT2D eigenvalue weighted by molar-refractivity contribution is -0.274. The van der Waals surface area contributed by atoms with Crippen LogP contribution in [0, 0.1) is 0 Å². The number of hydrogen-bond donors (Lipinski definition) is 0. The third-order valence-corrected chi connectivity index (χ3v) is 2.81. The highest BCUT2D eigenvalue weighted by atomic mass is 35.5. The molecule has 19 heavy (non-hydrogen) atoms. The Morgan fingerprint density at radius 3 is 2.16 bits per heavy atom. The van der Waals surface area contributed by atoms with Crippen molar-refractivity contribution in [2.24, 2.45) is 0 Å². The van der Waals surface area contributed by atoms with Gasteiger partial charge < -0.3 is 4.74 Å². The highest BCUT2D eigenvalue weighted by Gasteiger charge is 2.32. The average molecular weight is 308 g/mol. The summed E-state index contributed by atoms with van der Waals surface area (Å²) in [6.45, 7) is 0. The number of rotatable bonds is 2. The molecule has 0 aliphatic rings. The second-order valence-corrected chi connectivity index (χ2v) is 4.34. The molecule has 0 unspecified atom stereocenters. The Bertz CT molecular complexity index is 582. The lowest BCUT2D eigenvalue weighted by Crippen LogP contribution is -2.17. The first-order valence-corrected chi connectivity index (χ1v) is 5.78. The first-order chi connectivity index (χ1) is 8.88. The number of halogens is 5. The normalized spacial score (nSPS) is 11.4. The molecule has 100 valence electrons. The van der Waals surface area contributed by atoms with Gasteiger partial charge in [-0.3, -0.25) is 4.98 Å². The molecule has 0 radical (unpaired) electrons. The molecule has 0 bridgehead atoms. The van der Waals surface area contributed by atoms with Crippen LogP contribution in [0.3, 0.4) is 0 Å². The van der Waals surface area contributed by atoms with Crippen molar-refractivity contribution in [1.29, 1.82) is 0 Å². The van der Waals surface area contributed by atoms with E-state index in [0.29, 0.717) is 0 Å². The number of nitrogens with zero attached hydrogens (tertiary/aromatic N) is 1. The van der Waals surface area contributed by atoms with Crippen molar-refractivity contribution in [2.75, 3.05) is 0 Å². The summed E-state index contributed by atoms with van der Waals surface area (Å²) in [5.41, 5.74) is 0.399. The van der Waals surface area contributed by atoms with Crippen molar-refractivity contribution in [3.63, 3.8) is 0 Å². The maximum atomic E-state index is 12.3. The Morgan fingerprint density at radius 1 is 1.00 bits per heavy atom. The summed E-state index contributed by atoms with van der Waals surface area (Å²) < 4.78 is 41.0. The zero-order valence-electron chi connectivity index (χ0n) is 9.21. The SMILES string of the molecule is FC(F)(F)Oc1ccccc1-c1c(Cl)cncc1Cl. The van der Waals surface area contributed by atoms with Crippen molar-refractivity contribution in [3.8, 4) is 16.9 Å². The first kappa shape index (κ1) is 14.0. The molecule has 7 heteroatoms. The molecular formula is C12H6Cl2F3NO. The Balaban J connectivity index is 2.57. The molecule has 2 nitrogen and oxygen atoms in total. The fourth-order valence-electron chi connectivity index (χ4n) is 1.56. The predicted octanol–water partition coefficient (Wildman–Crippen LogP) is 4.95. The molecule has 1 aromatic carbocycles. The van der Waals surface area contributed by atoms with Crippen molar-refractivity contribution >= 4 is 23.2 Å². The number of aromatic nitrogens is 1. The fraction of sp³-hybridized carbons (Fsp3) is 0.0833. The van der Waals surface area contributed by atoms with Crippen LogP contribution in [0.15, 0.2) is 36.7 Å². The molecule has 2 aromatic rings. The lowest BCUT2D eigenvalue weighted by atomic mass is 10.1. The van der Waals surface area contributed by atoms with Gasteiger partial charge in [-0.2, -0.15) is 0 Å². The van der Waals surface area contributed by atoms with Gasteiger partial charge in [-0.25, -0.2) is 0 Å². The Kier molecular flexibility index (Phi) is 3.87. The van der Waals surface area contributed by atoms with Gasteiger partial charge in [0.05, 0.1) is 10.0 Å². The quantitative estimate of drug-likeness (QED) is 0.783. The minimum absolute atomic E-state index is 0.144. The van der Waals surface area contributed by atoms with E-state index in [1.54, 1.807) is 6.07 Å². The molecule has 0 amide bonds. The maximum absolute atomic E-state index is 12.3. The summed E-state index contributed by atoms with van der Waals surface area (Å²) >= 11 is 11.8. The van der Waals surface area contributed by atoms with E-state index < -0.39 is 6.36 Å². The highest BCUT2D eigenvalue weighted by molar-refractivity contribution is 6.39. The number of para-hydroxylation sites is 1. The summed E-state index contributed by atoms with van der Waals surface area (Å²) in [6.07, 6.45) is -2.19. The third-order valence-electron chi connectivity index (χ3n) is 2.24. The van der Waals surface area contributed by atoms with Gasteiger partial charge in [0, 0.05) is 23.5 Å². The molecule has 0 saturated carbocycles. The van der Waals surface area contributed by atoms with Gasteiger partial charge >= 0.3 is 6.36 Å². The minimum Gasteiger partial charge on any atom is -0.405 e. The zero-order chi connectivity index (χ0) is 14.0. The van der Waals surface area contributed by atoms with Crippen molar-refractivity contribution in [3.05, 3.63) is 46.7 Å². The van der Waals surface area contributed by atoms with Crippen molar-refractivity contribution < 1.29 is 17.9 Å². The lowest BCUT2D eigenvalue weighted by Gasteiger charge is -2.14. The van der Waals surface area contributed by atoms with Gasteiger partial charge in [-0.1, -0.05) is 41.4 Å². The average Bonchev–Trinajstić information content (AvgIpc) is 2.29. The largest absolute Gasteiger partial charge is 0.573 e. The summed E-state index contributed by atoms with van der Waals surface area (Å²) in [5, 5.41) is 0.288. The van der Waals surface area contributed by atoms with E-state index in [1.165, 1.54) is 30.6 Å². The molecule has 0 aliphatic heterocycles. The second-order valence-electron chi connectivity index (χ2n) is 3.52. The third kappa shape index (κ3) is 3.30. The smallest absolute Gasteiger partial charge is 0.405 e. The maximum Gasteiger partial charge on any atom is 0.573 e. The summed E-state index contributed by atoms with van der Waals surface area (Å²) in [7, 11) is 0. The molecule has 0 aliphatic carbocycles. The van der Waals surface area contributed by atoms with Gasteiger partial charge in [0.1, 0.15) is 5.75 Å². The molecule has 2 rings (SSSR count).